The molecule has 17 heavy (non-hydrogen) atoms. The van der Waals surface area contributed by atoms with Gasteiger partial charge in [-0.3, -0.25) is 9.78 Å². The molecule has 1 saturated heterocycles. The summed E-state index contributed by atoms with van der Waals surface area (Å²) in [7, 11) is 0. The number of pyridine rings is 1. The highest BCUT2D eigenvalue weighted by Gasteiger charge is 2.24. The van der Waals surface area contributed by atoms with Crippen molar-refractivity contribution in [3.8, 4) is 0 Å². The van der Waals surface area contributed by atoms with Crippen molar-refractivity contribution in [1.82, 2.24) is 9.88 Å². The molecule has 1 amide bonds. The molecular formula is C11H17Cl2N3O. The molecule has 1 aromatic rings. The molecule has 0 bridgehead atoms. The minimum atomic E-state index is 0. The van der Waals surface area contributed by atoms with Crippen LogP contribution in [0.25, 0.3) is 0 Å². The van der Waals surface area contributed by atoms with Gasteiger partial charge in [-0.1, -0.05) is 0 Å². The minimum Gasteiger partial charge on any atom is -0.337 e. The number of likely N-dealkylation sites (tertiary alicyclic amines) is 1. The Hall–Kier alpha value is -0.840. The number of halogens is 2. The number of nitrogens with two attached hydrogens (primary N) is 1. The molecule has 1 aliphatic rings. The average molecular weight is 278 g/mol. The summed E-state index contributed by atoms with van der Waals surface area (Å²) in [5.74, 6) is 0.0409. The van der Waals surface area contributed by atoms with E-state index in [0.29, 0.717) is 12.1 Å². The second-order valence-corrected chi connectivity index (χ2v) is 4.05. The van der Waals surface area contributed by atoms with Gasteiger partial charge in [-0.2, -0.15) is 0 Å². The lowest BCUT2D eigenvalue weighted by molar-refractivity contribution is 0.0790. The number of carbonyl (C=O) groups is 1. The van der Waals surface area contributed by atoms with E-state index >= 15 is 0 Å². The molecule has 0 unspecified atom stereocenters. The Kier molecular flexibility index (Phi) is 6.45. The highest BCUT2D eigenvalue weighted by atomic mass is 35.5. The predicted octanol–water partition coefficient (Wildman–Crippen LogP) is 1.41. The van der Waals surface area contributed by atoms with E-state index in [-0.39, 0.29) is 36.8 Å². The van der Waals surface area contributed by atoms with Crippen molar-refractivity contribution in [3.05, 3.63) is 29.6 Å². The summed E-state index contributed by atoms with van der Waals surface area (Å²) in [5, 5.41) is 0. The number of aromatic nitrogens is 1. The summed E-state index contributed by atoms with van der Waals surface area (Å²) in [4.78, 5) is 17.8. The lowest BCUT2D eigenvalue weighted by Crippen LogP contribution is -2.31. The zero-order valence-corrected chi connectivity index (χ0v) is 11.3. The van der Waals surface area contributed by atoms with Crippen LogP contribution < -0.4 is 5.73 Å². The van der Waals surface area contributed by atoms with Gasteiger partial charge in [0.2, 0.25) is 0 Å². The van der Waals surface area contributed by atoms with Crippen LogP contribution in [0, 0.1) is 6.92 Å². The molecule has 1 fully saturated rings. The number of hydrogen-bond donors (Lipinski definition) is 1. The molecule has 4 nitrogen and oxygen atoms in total. The summed E-state index contributed by atoms with van der Waals surface area (Å²) in [6.45, 7) is 3.35. The van der Waals surface area contributed by atoms with Crippen molar-refractivity contribution in [3.63, 3.8) is 0 Å². The zero-order chi connectivity index (χ0) is 10.8. The largest absolute Gasteiger partial charge is 0.337 e. The normalized spacial score (nSPS) is 18.2. The van der Waals surface area contributed by atoms with Crippen LogP contribution in [0.2, 0.25) is 0 Å². The molecule has 1 atom stereocenters. The maximum Gasteiger partial charge on any atom is 0.255 e. The fourth-order valence-corrected chi connectivity index (χ4v) is 1.83. The first kappa shape index (κ1) is 16.2. The van der Waals surface area contributed by atoms with Crippen LogP contribution in [0.4, 0.5) is 0 Å². The molecule has 96 valence electrons. The van der Waals surface area contributed by atoms with Gasteiger partial charge in [-0.15, -0.1) is 24.8 Å². The molecule has 0 aliphatic carbocycles. The first-order valence-corrected chi connectivity index (χ1v) is 5.13. The summed E-state index contributed by atoms with van der Waals surface area (Å²) >= 11 is 0. The van der Waals surface area contributed by atoms with Crippen molar-refractivity contribution >= 4 is 30.7 Å². The lowest BCUT2D eigenvalue weighted by Gasteiger charge is -2.15. The second-order valence-electron chi connectivity index (χ2n) is 4.05. The predicted molar refractivity (Wildman–Crippen MR) is 72.0 cm³/mol. The van der Waals surface area contributed by atoms with E-state index in [4.69, 9.17) is 5.73 Å². The topological polar surface area (TPSA) is 59.2 Å². The molecule has 1 aliphatic heterocycles. The van der Waals surface area contributed by atoms with Crippen LogP contribution in [0.5, 0.6) is 0 Å². The van der Waals surface area contributed by atoms with E-state index < -0.39 is 0 Å². The minimum absolute atomic E-state index is 0. The lowest BCUT2D eigenvalue weighted by atomic mass is 10.2. The Morgan fingerprint density at radius 2 is 2.18 bits per heavy atom. The molecule has 0 aromatic carbocycles. The van der Waals surface area contributed by atoms with Crippen LogP contribution >= 0.6 is 24.8 Å². The Morgan fingerprint density at radius 1 is 1.47 bits per heavy atom. The van der Waals surface area contributed by atoms with Crippen molar-refractivity contribution in [2.24, 2.45) is 5.73 Å². The van der Waals surface area contributed by atoms with E-state index in [9.17, 15) is 4.79 Å². The number of hydrogen-bond acceptors (Lipinski definition) is 3. The summed E-state index contributed by atoms with van der Waals surface area (Å²) in [6.07, 6.45) is 4.25. The van der Waals surface area contributed by atoms with Crippen molar-refractivity contribution < 1.29 is 4.79 Å². The molecule has 1 aromatic heterocycles. The van der Waals surface area contributed by atoms with Crippen LogP contribution in [-0.2, 0) is 0 Å². The van der Waals surface area contributed by atoms with Gasteiger partial charge in [0.05, 0.1) is 5.56 Å². The van der Waals surface area contributed by atoms with Gasteiger partial charge >= 0.3 is 0 Å². The maximum atomic E-state index is 12.0. The highest BCUT2D eigenvalue weighted by molar-refractivity contribution is 5.94. The smallest absolute Gasteiger partial charge is 0.255 e. The molecule has 2 N–H and O–H groups in total. The average Bonchev–Trinajstić information content (AvgIpc) is 2.64. The van der Waals surface area contributed by atoms with Crippen LogP contribution in [-0.4, -0.2) is 34.9 Å². The Morgan fingerprint density at radius 3 is 2.71 bits per heavy atom. The van der Waals surface area contributed by atoms with Gasteiger partial charge in [0.1, 0.15) is 0 Å². The molecule has 2 heterocycles. The Labute approximate surface area is 113 Å². The van der Waals surface area contributed by atoms with E-state index in [1.165, 1.54) is 0 Å². The number of carbonyl (C=O) groups excluding carboxylic acids is 1. The fraction of sp³-hybridized carbons (Fsp3) is 0.455. The van der Waals surface area contributed by atoms with Crippen molar-refractivity contribution in [2.75, 3.05) is 13.1 Å². The van der Waals surface area contributed by atoms with Gasteiger partial charge < -0.3 is 10.6 Å². The summed E-state index contributed by atoms with van der Waals surface area (Å²) in [5.41, 5.74) is 7.42. The Balaban J connectivity index is 0.00000128. The third kappa shape index (κ3) is 3.84. The van der Waals surface area contributed by atoms with E-state index in [2.05, 4.69) is 4.98 Å². The quantitative estimate of drug-likeness (QED) is 0.845. The van der Waals surface area contributed by atoms with Gasteiger partial charge in [0.25, 0.3) is 5.91 Å². The van der Waals surface area contributed by atoms with E-state index in [1.807, 2.05) is 13.0 Å². The number of aryl methyl sites for hydroxylation is 1. The summed E-state index contributed by atoms with van der Waals surface area (Å²) < 4.78 is 0. The fourth-order valence-electron chi connectivity index (χ4n) is 1.83. The second kappa shape index (κ2) is 6.79. The standard InChI is InChI=1S/C11H15N3O.2ClH/c1-8-4-9(6-13-5-8)11(15)14-3-2-10(12)7-14;;/h4-6,10H,2-3,7,12H2,1H3;2*1H/t10-;;/m1../s1. The maximum absolute atomic E-state index is 12.0. The molecule has 0 radical (unpaired) electrons. The Bertz CT molecular complexity index is 387. The molecule has 0 spiro atoms. The van der Waals surface area contributed by atoms with Gasteiger partial charge in [-0.05, 0) is 25.0 Å². The van der Waals surface area contributed by atoms with Crippen LogP contribution in [0.15, 0.2) is 18.5 Å². The third-order valence-corrected chi connectivity index (χ3v) is 2.63. The van der Waals surface area contributed by atoms with E-state index in [1.54, 1.807) is 17.3 Å². The van der Waals surface area contributed by atoms with Gasteiger partial charge in [0, 0.05) is 31.5 Å². The first-order chi connectivity index (χ1) is 7.16. The van der Waals surface area contributed by atoms with Crippen LogP contribution in [0.3, 0.4) is 0 Å². The van der Waals surface area contributed by atoms with Crippen molar-refractivity contribution in [1.29, 1.82) is 0 Å². The molecule has 0 saturated carbocycles. The highest BCUT2D eigenvalue weighted by Crippen LogP contribution is 2.12. The number of amides is 1. The first-order valence-electron chi connectivity index (χ1n) is 5.13. The van der Waals surface area contributed by atoms with Gasteiger partial charge in [-0.25, -0.2) is 0 Å². The monoisotopic (exact) mass is 277 g/mol. The molecular weight excluding hydrogens is 261 g/mol. The van der Waals surface area contributed by atoms with Crippen molar-refractivity contribution in [2.45, 2.75) is 19.4 Å². The van der Waals surface area contributed by atoms with E-state index in [0.717, 1.165) is 18.5 Å². The molecule has 6 heteroatoms. The SMILES string of the molecule is Cc1cncc(C(=O)N2CC[C@@H](N)C2)c1.Cl.Cl. The van der Waals surface area contributed by atoms with Crippen LogP contribution in [0.1, 0.15) is 22.3 Å². The summed E-state index contributed by atoms with van der Waals surface area (Å²) in [6, 6.07) is 1.99. The number of rotatable bonds is 1. The molecule has 2 rings (SSSR count). The number of nitrogens with zero attached hydrogens (tertiary/aromatic N) is 2. The zero-order valence-electron chi connectivity index (χ0n) is 9.63. The van der Waals surface area contributed by atoms with Gasteiger partial charge in [0.15, 0.2) is 0 Å². The third-order valence-electron chi connectivity index (χ3n) is 2.63.